The quantitative estimate of drug-likeness (QED) is 0.319. The van der Waals surface area contributed by atoms with Gasteiger partial charge >= 0.3 is 0 Å². The second-order valence-corrected chi connectivity index (χ2v) is 8.45. The molecule has 0 saturated heterocycles. The van der Waals surface area contributed by atoms with E-state index in [-0.39, 0.29) is 18.5 Å². The van der Waals surface area contributed by atoms with Gasteiger partial charge in [-0.1, -0.05) is 18.2 Å². The lowest BCUT2D eigenvalue weighted by Gasteiger charge is -2.22. The third-order valence-electron chi connectivity index (χ3n) is 2.99. The van der Waals surface area contributed by atoms with E-state index in [0.717, 1.165) is 24.3 Å². The van der Waals surface area contributed by atoms with E-state index in [9.17, 15) is 49.0 Å². The van der Waals surface area contributed by atoms with Crippen LogP contribution in [0.3, 0.4) is 0 Å². The van der Waals surface area contributed by atoms with Gasteiger partial charge in [-0.2, -0.15) is 0 Å². The molecule has 0 aromatic heterocycles. The first kappa shape index (κ1) is 27.9. The van der Waals surface area contributed by atoms with Crippen LogP contribution in [-0.2, 0) is 30.4 Å². The van der Waals surface area contributed by atoms with Gasteiger partial charge in [-0.25, -0.2) is 25.3 Å². The second-order valence-electron chi connectivity index (χ2n) is 4.50. The van der Waals surface area contributed by atoms with Crippen molar-refractivity contribution in [1.82, 2.24) is 18.5 Å². The van der Waals surface area contributed by atoms with E-state index < -0.39 is 66.4 Å². The van der Waals surface area contributed by atoms with E-state index in [1.165, 1.54) is 0 Å². The van der Waals surface area contributed by atoms with Crippen molar-refractivity contribution < 1.29 is 43.8 Å². The van der Waals surface area contributed by atoms with Crippen molar-refractivity contribution >= 4 is 46.8 Å². The summed E-state index contributed by atoms with van der Waals surface area (Å²) in [5.41, 5.74) is -1.62. The molecule has 0 atom stereocenters. The summed E-state index contributed by atoms with van der Waals surface area (Å²) in [6.07, 6.45) is 0. The average Bonchev–Trinajstić information content (AvgIpc) is 2.41. The highest BCUT2D eigenvalue weighted by atomic mass is 32.2. The van der Waals surface area contributed by atoms with Gasteiger partial charge in [0.1, 0.15) is 30.4 Å². The molecule has 0 fully saturated rings. The van der Waals surface area contributed by atoms with Crippen LogP contribution < -0.4 is 18.5 Å². The SMILES string of the molecule is O=[N+]([O-])c1c(S(=O)(=O)[O-])c(S(=O)(=O)[O-])c(S(=O)(=O)[O-])c2ccccc12.[NH4+].[NH4+].[NH4+]. The van der Waals surface area contributed by atoms with E-state index in [0.29, 0.717) is 0 Å². The first-order chi connectivity index (χ1) is 11.2. The number of nitro groups is 1. The maximum absolute atomic E-state index is 11.4. The number of benzene rings is 2. The molecular formula is C10H16N4O11S3. The molecule has 0 radical (unpaired) electrons. The molecule has 15 nitrogen and oxygen atoms in total. The molecule has 12 N–H and O–H groups in total. The van der Waals surface area contributed by atoms with Crippen molar-refractivity contribution in [2.24, 2.45) is 0 Å². The summed E-state index contributed by atoms with van der Waals surface area (Å²) in [4.78, 5) is 3.44. The molecule has 0 aliphatic heterocycles. The molecule has 2 aromatic carbocycles. The average molecular weight is 464 g/mol. The van der Waals surface area contributed by atoms with Crippen molar-refractivity contribution in [3.8, 4) is 0 Å². The Morgan fingerprint density at radius 2 is 1.00 bits per heavy atom. The van der Waals surface area contributed by atoms with E-state index in [4.69, 9.17) is 0 Å². The third kappa shape index (κ3) is 4.76. The van der Waals surface area contributed by atoms with E-state index in [1.54, 1.807) is 0 Å². The topological polar surface area (TPSA) is 324 Å². The molecule has 160 valence electrons. The van der Waals surface area contributed by atoms with Crippen molar-refractivity contribution in [2.45, 2.75) is 14.7 Å². The zero-order valence-corrected chi connectivity index (χ0v) is 16.9. The van der Waals surface area contributed by atoms with Crippen LogP contribution in [0, 0.1) is 10.1 Å². The second kappa shape index (κ2) is 8.38. The number of fused-ring (bicyclic) bond motifs is 1. The summed E-state index contributed by atoms with van der Waals surface area (Å²) < 4.78 is 103. The maximum Gasteiger partial charge on any atom is 0.295 e. The zero-order valence-electron chi connectivity index (χ0n) is 14.5. The highest BCUT2D eigenvalue weighted by Gasteiger charge is 2.35. The summed E-state index contributed by atoms with van der Waals surface area (Å²) in [5.74, 6) is 0. The van der Waals surface area contributed by atoms with Gasteiger partial charge in [0.2, 0.25) is 0 Å². The minimum Gasteiger partial charge on any atom is -0.744 e. The number of hydrogen-bond acceptors (Lipinski definition) is 11. The van der Waals surface area contributed by atoms with Crippen LogP contribution in [0.5, 0.6) is 0 Å². The lowest BCUT2D eigenvalue weighted by molar-refractivity contribution is -0.386. The van der Waals surface area contributed by atoms with Crippen LogP contribution in [-0.4, -0.2) is 43.8 Å². The highest BCUT2D eigenvalue weighted by Crippen LogP contribution is 2.42. The van der Waals surface area contributed by atoms with Crippen molar-refractivity contribution in [1.29, 1.82) is 0 Å². The molecule has 28 heavy (non-hydrogen) atoms. The highest BCUT2D eigenvalue weighted by molar-refractivity contribution is 7.90. The van der Waals surface area contributed by atoms with Crippen LogP contribution in [0.1, 0.15) is 0 Å². The Morgan fingerprint density at radius 3 is 1.32 bits per heavy atom. The lowest BCUT2D eigenvalue weighted by atomic mass is 10.1. The molecule has 0 heterocycles. The zero-order chi connectivity index (χ0) is 19.4. The fourth-order valence-electron chi connectivity index (χ4n) is 2.23. The van der Waals surface area contributed by atoms with E-state index in [1.807, 2.05) is 0 Å². The summed E-state index contributed by atoms with van der Waals surface area (Å²) in [7, 11) is -18.0. The number of rotatable bonds is 4. The van der Waals surface area contributed by atoms with Gasteiger partial charge in [-0.3, -0.25) is 10.1 Å². The molecule has 2 rings (SSSR count). The number of nitro benzene ring substituents is 1. The Morgan fingerprint density at radius 1 is 0.643 bits per heavy atom. The van der Waals surface area contributed by atoms with Crippen molar-refractivity contribution in [3.63, 3.8) is 0 Å². The normalized spacial score (nSPS) is 11.7. The lowest BCUT2D eigenvalue weighted by Crippen LogP contribution is -2.17. The number of nitrogens with zero attached hydrogens (tertiary/aromatic N) is 1. The molecule has 0 amide bonds. The van der Waals surface area contributed by atoms with Crippen LogP contribution in [0.2, 0.25) is 0 Å². The monoisotopic (exact) mass is 464 g/mol. The fraction of sp³-hybridized carbons (Fsp3) is 0. The summed E-state index contributed by atoms with van der Waals surface area (Å²) >= 11 is 0. The van der Waals surface area contributed by atoms with Gasteiger partial charge in [0.05, 0.1) is 20.1 Å². The summed E-state index contributed by atoms with van der Waals surface area (Å²) in [6.45, 7) is 0. The van der Waals surface area contributed by atoms with Gasteiger partial charge in [0, 0.05) is 5.39 Å². The fourth-order valence-corrected chi connectivity index (χ4v) is 5.71. The Hall–Kier alpha value is -2.29. The maximum atomic E-state index is 11.4. The number of quaternary nitrogens is 3. The third-order valence-corrected chi connectivity index (χ3v) is 5.98. The van der Waals surface area contributed by atoms with Crippen LogP contribution in [0.4, 0.5) is 5.69 Å². The Kier molecular flexibility index (Phi) is 8.36. The Labute approximate surface area is 158 Å². The number of hydrogen-bond donors (Lipinski definition) is 3. The van der Waals surface area contributed by atoms with Crippen LogP contribution >= 0.6 is 0 Å². The molecule has 0 spiro atoms. The predicted octanol–water partition coefficient (Wildman–Crippen LogP) is 0.589. The first-order valence-corrected chi connectivity index (χ1v) is 10.0. The van der Waals surface area contributed by atoms with Gasteiger partial charge < -0.3 is 32.1 Å². The summed E-state index contributed by atoms with van der Waals surface area (Å²) in [5, 5.41) is 9.50. The van der Waals surface area contributed by atoms with Crippen molar-refractivity contribution in [3.05, 3.63) is 34.4 Å². The Balaban J connectivity index is 0. The first-order valence-electron chi connectivity index (χ1n) is 5.78. The molecule has 0 bridgehead atoms. The minimum absolute atomic E-state index is 0. The van der Waals surface area contributed by atoms with E-state index >= 15 is 0 Å². The standard InChI is InChI=1S/C10H7NO11S3.3H3N/c12-11(13)7-5-3-1-2-4-6(5)8(23(14,15)16)10(25(20,21)22)9(7)24(17,18)19;;;/h1-4H,(H,14,15,16)(H,17,18,19)(H,20,21,22);3*1H3. The van der Waals surface area contributed by atoms with E-state index in [2.05, 4.69) is 0 Å². The summed E-state index contributed by atoms with van der Waals surface area (Å²) in [6, 6.07) is 3.66. The van der Waals surface area contributed by atoms with Gasteiger partial charge in [0.25, 0.3) is 5.69 Å². The van der Waals surface area contributed by atoms with Crippen LogP contribution in [0.15, 0.2) is 39.0 Å². The molecule has 0 aliphatic rings. The minimum atomic E-state index is -6.09. The molecule has 2 aromatic rings. The van der Waals surface area contributed by atoms with Gasteiger partial charge in [-0.05, 0) is 6.07 Å². The van der Waals surface area contributed by atoms with Crippen LogP contribution in [0.25, 0.3) is 10.8 Å². The molecule has 0 aliphatic carbocycles. The molecule has 18 heteroatoms. The van der Waals surface area contributed by atoms with Gasteiger partial charge in [-0.15, -0.1) is 0 Å². The largest absolute Gasteiger partial charge is 0.744 e. The smallest absolute Gasteiger partial charge is 0.295 e. The van der Waals surface area contributed by atoms with Crippen molar-refractivity contribution in [2.75, 3.05) is 0 Å². The molecule has 0 saturated carbocycles. The molecular weight excluding hydrogens is 448 g/mol. The van der Waals surface area contributed by atoms with Gasteiger partial charge in [0.15, 0.2) is 4.90 Å². The predicted molar refractivity (Wildman–Crippen MR) is 92.4 cm³/mol. The molecule has 0 unspecified atom stereocenters. The Bertz CT molecular complexity index is 1240.